The number of aromatic nitrogens is 6. The molecule has 0 spiro atoms. The van der Waals surface area contributed by atoms with Gasteiger partial charge in [-0.25, -0.2) is 25.4 Å². The highest BCUT2D eigenvalue weighted by Gasteiger charge is 2.26. The minimum absolute atomic E-state index is 0.0227. The van der Waals surface area contributed by atoms with Crippen LogP contribution in [0.25, 0.3) is 21.9 Å². The normalized spacial score (nSPS) is 14.7. The van der Waals surface area contributed by atoms with E-state index in [4.69, 9.17) is 19.6 Å². The van der Waals surface area contributed by atoms with E-state index in [1.165, 1.54) is 6.26 Å². The van der Waals surface area contributed by atoms with Gasteiger partial charge < -0.3 is 24.5 Å². The first-order valence-corrected chi connectivity index (χ1v) is 12.4. The maximum Gasteiger partial charge on any atom is 0.298 e. The van der Waals surface area contributed by atoms with Crippen LogP contribution in [0, 0.1) is 0 Å². The van der Waals surface area contributed by atoms with Gasteiger partial charge in [0.25, 0.3) is 11.9 Å². The summed E-state index contributed by atoms with van der Waals surface area (Å²) in [5.41, 5.74) is 4.14. The van der Waals surface area contributed by atoms with Gasteiger partial charge in [0.1, 0.15) is 17.6 Å². The Morgan fingerprint density at radius 1 is 1.11 bits per heavy atom. The average molecular weight is 515 g/mol. The van der Waals surface area contributed by atoms with E-state index >= 15 is 0 Å². The molecule has 4 aromatic heterocycles. The summed E-state index contributed by atoms with van der Waals surface area (Å²) in [6.07, 6.45) is 5.38. The molecule has 1 aliphatic heterocycles. The van der Waals surface area contributed by atoms with Crippen molar-refractivity contribution in [3.05, 3.63) is 60.6 Å². The number of rotatable bonds is 7. The monoisotopic (exact) mass is 514 g/mol. The highest BCUT2D eigenvalue weighted by molar-refractivity contribution is 5.91. The highest BCUT2D eigenvalue weighted by Crippen LogP contribution is 2.30. The number of aromatic amines is 1. The van der Waals surface area contributed by atoms with Gasteiger partial charge in [-0.3, -0.25) is 10.0 Å². The fourth-order valence-corrected chi connectivity index (χ4v) is 4.64. The predicted octanol–water partition coefficient (Wildman–Crippen LogP) is 2.90. The number of carbonyl (C=O) groups is 1. The smallest absolute Gasteiger partial charge is 0.298 e. The van der Waals surface area contributed by atoms with E-state index in [2.05, 4.69) is 37.1 Å². The molecule has 0 unspecified atom stereocenters. The van der Waals surface area contributed by atoms with Crippen molar-refractivity contribution >= 4 is 45.5 Å². The van der Waals surface area contributed by atoms with Crippen LogP contribution in [0.1, 0.15) is 35.7 Å². The van der Waals surface area contributed by atoms with Crippen molar-refractivity contribution < 1.29 is 14.4 Å². The first-order valence-electron chi connectivity index (χ1n) is 12.4. The molecule has 4 N–H and O–H groups in total. The van der Waals surface area contributed by atoms with Crippen LogP contribution in [-0.4, -0.2) is 67.2 Å². The molecule has 0 aliphatic carbocycles. The van der Waals surface area contributed by atoms with E-state index in [0.717, 1.165) is 34.2 Å². The predicted molar refractivity (Wildman–Crippen MR) is 140 cm³/mol. The molecule has 194 valence electrons. The number of amides is 1. The van der Waals surface area contributed by atoms with Gasteiger partial charge in [-0.2, -0.15) is 4.98 Å². The van der Waals surface area contributed by atoms with Crippen LogP contribution in [0.4, 0.5) is 17.7 Å². The number of hydroxylamine groups is 1. The molecule has 0 bridgehead atoms. The largest absolute Gasteiger partial charge is 0.431 e. The van der Waals surface area contributed by atoms with Gasteiger partial charge in [-0.1, -0.05) is 19.1 Å². The number of imidazole rings is 1. The second kappa shape index (κ2) is 9.94. The third kappa shape index (κ3) is 4.32. The lowest BCUT2D eigenvalue weighted by atomic mass is 10.1. The average Bonchev–Trinajstić information content (AvgIpc) is 3.66. The Morgan fingerprint density at radius 2 is 1.92 bits per heavy atom. The number of hydrogen-bond donors (Lipinski definition) is 4. The molecule has 13 heteroatoms. The molecular formula is C25H26N10O3. The summed E-state index contributed by atoms with van der Waals surface area (Å²) in [6, 6.07) is 10.1. The third-order valence-corrected chi connectivity index (χ3v) is 6.65. The molecule has 1 aromatic carbocycles. The van der Waals surface area contributed by atoms with Crippen molar-refractivity contribution in [1.29, 1.82) is 0 Å². The standard InChI is InChI=1S/C25H26N10O3/c1-2-16(29-22-20-18(7-8-26-22)27-14-28-20)21-30-17-6-4-3-5-15(17)23(32-21)34-9-11-35(12-10-34)25-31-19(13-38-25)24(36)33-37/h3-8,13-14,16,37H,2,9-12H2,1H3,(H,26,29)(H,27,28)(H,33,36)/t16-/m0/s1. The molecule has 13 nitrogen and oxygen atoms in total. The topological polar surface area (TPSA) is 161 Å². The molecule has 1 aliphatic rings. The maximum atomic E-state index is 11.6. The number of piperazine rings is 1. The van der Waals surface area contributed by atoms with E-state index in [0.29, 0.717) is 43.8 Å². The molecule has 0 saturated carbocycles. The number of para-hydroxylation sites is 1. The zero-order valence-corrected chi connectivity index (χ0v) is 20.6. The van der Waals surface area contributed by atoms with Crippen molar-refractivity contribution in [2.24, 2.45) is 0 Å². The number of benzene rings is 1. The lowest BCUT2D eigenvalue weighted by molar-refractivity contribution is 0.0700. The van der Waals surface area contributed by atoms with Crippen molar-refractivity contribution in [3.63, 3.8) is 0 Å². The summed E-state index contributed by atoms with van der Waals surface area (Å²) in [4.78, 5) is 42.0. The van der Waals surface area contributed by atoms with Crippen LogP contribution in [0.15, 0.2) is 53.5 Å². The highest BCUT2D eigenvalue weighted by atomic mass is 16.5. The number of anilines is 3. The van der Waals surface area contributed by atoms with Crippen LogP contribution in [0.3, 0.4) is 0 Å². The minimum atomic E-state index is -0.712. The molecule has 1 saturated heterocycles. The van der Waals surface area contributed by atoms with Crippen LogP contribution in [0.5, 0.6) is 0 Å². The summed E-state index contributed by atoms with van der Waals surface area (Å²) in [5, 5.41) is 13.3. The Labute approximate surface area is 216 Å². The fourth-order valence-electron chi connectivity index (χ4n) is 4.64. The Hall–Kier alpha value is -4.78. The van der Waals surface area contributed by atoms with Gasteiger partial charge in [-0.05, 0) is 24.6 Å². The first-order chi connectivity index (χ1) is 18.6. The number of pyridine rings is 1. The Morgan fingerprint density at radius 3 is 2.74 bits per heavy atom. The second-order valence-corrected chi connectivity index (χ2v) is 8.92. The number of nitrogens with zero attached hydrogens (tertiary/aromatic N) is 7. The number of carbonyl (C=O) groups excluding carboxylic acids is 1. The fraction of sp³-hybridized carbons (Fsp3) is 0.280. The second-order valence-electron chi connectivity index (χ2n) is 8.92. The summed E-state index contributed by atoms with van der Waals surface area (Å²) in [6.45, 7) is 4.66. The summed E-state index contributed by atoms with van der Waals surface area (Å²) < 4.78 is 5.46. The molecule has 0 radical (unpaired) electrons. The van der Waals surface area contributed by atoms with Gasteiger partial charge in [0.2, 0.25) is 0 Å². The molecule has 5 aromatic rings. The van der Waals surface area contributed by atoms with Gasteiger partial charge in [-0.15, -0.1) is 0 Å². The molecule has 6 rings (SSSR count). The van der Waals surface area contributed by atoms with Gasteiger partial charge in [0, 0.05) is 37.8 Å². The summed E-state index contributed by atoms with van der Waals surface area (Å²) >= 11 is 0. The van der Waals surface area contributed by atoms with Crippen LogP contribution in [0.2, 0.25) is 0 Å². The van der Waals surface area contributed by atoms with E-state index in [1.54, 1.807) is 18.0 Å². The summed E-state index contributed by atoms with van der Waals surface area (Å²) in [5.74, 6) is 1.52. The summed E-state index contributed by atoms with van der Waals surface area (Å²) in [7, 11) is 0. The number of fused-ring (bicyclic) bond motifs is 2. The Balaban J connectivity index is 1.27. The van der Waals surface area contributed by atoms with Crippen molar-refractivity contribution in [3.8, 4) is 0 Å². The first kappa shape index (κ1) is 23.6. The van der Waals surface area contributed by atoms with E-state index in [9.17, 15) is 4.79 Å². The van der Waals surface area contributed by atoms with Gasteiger partial charge in [0.15, 0.2) is 17.3 Å². The quantitative estimate of drug-likeness (QED) is 0.187. The minimum Gasteiger partial charge on any atom is -0.431 e. The molecule has 5 heterocycles. The molecule has 1 atom stereocenters. The Bertz CT molecular complexity index is 1590. The zero-order valence-electron chi connectivity index (χ0n) is 20.6. The van der Waals surface area contributed by atoms with Crippen LogP contribution >= 0.6 is 0 Å². The zero-order chi connectivity index (χ0) is 26.1. The van der Waals surface area contributed by atoms with Crippen molar-refractivity contribution in [1.82, 2.24) is 35.4 Å². The van der Waals surface area contributed by atoms with Gasteiger partial charge >= 0.3 is 0 Å². The lowest BCUT2D eigenvalue weighted by Gasteiger charge is -2.35. The maximum absolute atomic E-state index is 11.6. The van der Waals surface area contributed by atoms with Crippen molar-refractivity contribution in [2.45, 2.75) is 19.4 Å². The molecule has 38 heavy (non-hydrogen) atoms. The lowest BCUT2D eigenvalue weighted by Crippen LogP contribution is -2.47. The van der Waals surface area contributed by atoms with Gasteiger partial charge in [0.05, 0.1) is 23.4 Å². The number of nitrogens with one attached hydrogen (secondary N) is 3. The Kier molecular flexibility index (Phi) is 6.17. The SMILES string of the molecule is CC[C@H](Nc1nccc2[nH]cnc12)c1nc(N2CCN(c3nc(C(=O)NO)co3)CC2)c2ccccc2n1. The molecule has 1 amide bonds. The van der Waals surface area contributed by atoms with Crippen molar-refractivity contribution in [2.75, 3.05) is 41.3 Å². The molecular weight excluding hydrogens is 488 g/mol. The van der Waals surface area contributed by atoms with Crippen LogP contribution in [-0.2, 0) is 0 Å². The number of hydrogen-bond acceptors (Lipinski definition) is 11. The number of oxazole rings is 1. The van der Waals surface area contributed by atoms with E-state index in [-0.39, 0.29) is 11.7 Å². The third-order valence-electron chi connectivity index (χ3n) is 6.65. The van der Waals surface area contributed by atoms with Crippen LogP contribution < -0.4 is 20.6 Å². The van der Waals surface area contributed by atoms with E-state index < -0.39 is 5.91 Å². The molecule has 1 fully saturated rings. The van der Waals surface area contributed by atoms with E-state index in [1.807, 2.05) is 35.2 Å². The number of H-pyrrole nitrogens is 1.